The Bertz CT molecular complexity index is 1410. The molecule has 9 heteroatoms. The van der Waals surface area contributed by atoms with Gasteiger partial charge in [0, 0.05) is 12.6 Å². The predicted molar refractivity (Wildman–Crippen MR) is 153 cm³/mol. The van der Waals surface area contributed by atoms with Crippen molar-refractivity contribution in [2.75, 3.05) is 18.0 Å². The fourth-order valence-corrected chi connectivity index (χ4v) is 5.69. The standard InChI is InChI=1S/C30H37N3O5S/c1-21(2)31-30(35)24(5)32(19-25-13-11-14-26(18-25)38-6)29(34)20-33(28-17-10-12-22(3)23(28)4)39(36,37)27-15-8-7-9-16-27/h7-18,21,24H,19-20H2,1-6H3,(H,31,35)/t24-/m0/s1. The third kappa shape index (κ3) is 7.17. The van der Waals surface area contributed by atoms with Crippen molar-refractivity contribution < 1.29 is 22.7 Å². The number of carbonyl (C=O) groups excluding carboxylic acids is 2. The molecule has 3 rings (SSSR count). The lowest BCUT2D eigenvalue weighted by Crippen LogP contribution is -2.52. The summed E-state index contributed by atoms with van der Waals surface area (Å²) in [4.78, 5) is 28.5. The number of ether oxygens (including phenoxy) is 1. The molecule has 1 atom stereocenters. The molecule has 0 saturated heterocycles. The van der Waals surface area contributed by atoms with Crippen LogP contribution in [0.25, 0.3) is 0 Å². The van der Waals surface area contributed by atoms with Crippen LogP contribution in [-0.4, -0.2) is 50.9 Å². The zero-order valence-corrected chi connectivity index (χ0v) is 24.2. The Balaban J connectivity index is 2.07. The average Bonchev–Trinajstić information content (AvgIpc) is 2.91. The number of amides is 2. The third-order valence-electron chi connectivity index (χ3n) is 6.54. The number of hydrogen-bond acceptors (Lipinski definition) is 5. The molecule has 0 radical (unpaired) electrons. The van der Waals surface area contributed by atoms with Gasteiger partial charge in [-0.15, -0.1) is 0 Å². The van der Waals surface area contributed by atoms with E-state index < -0.39 is 28.5 Å². The van der Waals surface area contributed by atoms with Crippen LogP contribution >= 0.6 is 0 Å². The van der Waals surface area contributed by atoms with E-state index in [2.05, 4.69) is 5.32 Å². The molecule has 0 bridgehead atoms. The zero-order chi connectivity index (χ0) is 28.7. The van der Waals surface area contributed by atoms with Gasteiger partial charge in [0.1, 0.15) is 18.3 Å². The summed E-state index contributed by atoms with van der Waals surface area (Å²) in [6.07, 6.45) is 0. The van der Waals surface area contributed by atoms with E-state index in [1.165, 1.54) is 17.0 Å². The number of methoxy groups -OCH3 is 1. The largest absolute Gasteiger partial charge is 0.497 e. The van der Waals surface area contributed by atoms with E-state index in [0.29, 0.717) is 11.4 Å². The quantitative estimate of drug-likeness (QED) is 0.380. The molecule has 2 amide bonds. The average molecular weight is 552 g/mol. The molecule has 0 aliphatic heterocycles. The molecule has 0 fully saturated rings. The number of anilines is 1. The van der Waals surface area contributed by atoms with E-state index in [4.69, 9.17) is 4.74 Å². The number of nitrogens with one attached hydrogen (secondary N) is 1. The van der Waals surface area contributed by atoms with Gasteiger partial charge >= 0.3 is 0 Å². The highest BCUT2D eigenvalue weighted by Gasteiger charge is 2.33. The molecule has 208 valence electrons. The Morgan fingerprint density at radius 2 is 1.59 bits per heavy atom. The molecule has 1 N–H and O–H groups in total. The maximum absolute atomic E-state index is 14.0. The predicted octanol–water partition coefficient (Wildman–Crippen LogP) is 4.45. The first kappa shape index (κ1) is 29.7. The van der Waals surface area contributed by atoms with Gasteiger partial charge in [0.2, 0.25) is 11.8 Å². The van der Waals surface area contributed by atoms with Crippen LogP contribution in [0.15, 0.2) is 77.7 Å². The fourth-order valence-electron chi connectivity index (χ4n) is 4.19. The van der Waals surface area contributed by atoms with E-state index in [1.54, 1.807) is 62.6 Å². The topological polar surface area (TPSA) is 96.0 Å². The molecule has 3 aromatic carbocycles. The minimum absolute atomic E-state index is 0.0728. The van der Waals surface area contributed by atoms with Gasteiger partial charge in [-0.25, -0.2) is 8.42 Å². The molecule has 0 aliphatic rings. The highest BCUT2D eigenvalue weighted by molar-refractivity contribution is 7.92. The Morgan fingerprint density at radius 3 is 2.23 bits per heavy atom. The second kappa shape index (κ2) is 12.8. The maximum Gasteiger partial charge on any atom is 0.264 e. The van der Waals surface area contributed by atoms with Crippen molar-refractivity contribution in [3.63, 3.8) is 0 Å². The Hall–Kier alpha value is -3.85. The van der Waals surface area contributed by atoms with E-state index in [9.17, 15) is 18.0 Å². The normalized spacial score (nSPS) is 12.1. The van der Waals surface area contributed by atoms with Crippen LogP contribution in [0.2, 0.25) is 0 Å². The number of benzene rings is 3. The maximum atomic E-state index is 14.0. The van der Waals surface area contributed by atoms with Gasteiger partial charge in [0.25, 0.3) is 10.0 Å². The van der Waals surface area contributed by atoms with Crippen LogP contribution < -0.4 is 14.4 Å². The Kier molecular flexibility index (Phi) is 9.75. The number of carbonyl (C=O) groups is 2. The molecule has 0 aliphatic carbocycles. The van der Waals surface area contributed by atoms with Gasteiger partial charge in [0.15, 0.2) is 0 Å². The molecule has 0 unspecified atom stereocenters. The Morgan fingerprint density at radius 1 is 0.923 bits per heavy atom. The molecule has 8 nitrogen and oxygen atoms in total. The lowest BCUT2D eigenvalue weighted by molar-refractivity contribution is -0.139. The molecule has 0 heterocycles. The smallest absolute Gasteiger partial charge is 0.264 e. The molecular weight excluding hydrogens is 514 g/mol. The number of sulfonamides is 1. The molecule has 0 saturated carbocycles. The van der Waals surface area contributed by atoms with Crippen molar-refractivity contribution in [1.29, 1.82) is 0 Å². The van der Waals surface area contributed by atoms with Crippen molar-refractivity contribution in [2.24, 2.45) is 0 Å². The summed E-state index contributed by atoms with van der Waals surface area (Å²) in [5.41, 5.74) is 2.80. The monoisotopic (exact) mass is 551 g/mol. The minimum Gasteiger partial charge on any atom is -0.497 e. The van der Waals surface area contributed by atoms with Gasteiger partial charge in [-0.2, -0.15) is 0 Å². The highest BCUT2D eigenvalue weighted by atomic mass is 32.2. The van der Waals surface area contributed by atoms with Crippen molar-refractivity contribution >= 4 is 27.5 Å². The van der Waals surface area contributed by atoms with E-state index >= 15 is 0 Å². The van der Waals surface area contributed by atoms with Crippen LogP contribution in [0.3, 0.4) is 0 Å². The van der Waals surface area contributed by atoms with Crippen molar-refractivity contribution in [2.45, 2.75) is 58.1 Å². The number of aryl methyl sites for hydroxylation is 1. The molecule has 0 aromatic heterocycles. The van der Waals surface area contributed by atoms with Crippen LogP contribution in [0.4, 0.5) is 5.69 Å². The minimum atomic E-state index is -4.11. The van der Waals surface area contributed by atoms with Gasteiger partial charge in [-0.05, 0) is 81.6 Å². The van der Waals surface area contributed by atoms with E-state index in [-0.39, 0.29) is 23.4 Å². The van der Waals surface area contributed by atoms with Crippen LogP contribution in [0.1, 0.15) is 37.5 Å². The lowest BCUT2D eigenvalue weighted by atomic mass is 10.1. The van der Waals surface area contributed by atoms with Crippen LogP contribution in [0.5, 0.6) is 5.75 Å². The summed E-state index contributed by atoms with van der Waals surface area (Å²) < 4.78 is 34.3. The molecule has 0 spiro atoms. The first-order valence-corrected chi connectivity index (χ1v) is 14.3. The Labute approximate surface area is 231 Å². The summed E-state index contributed by atoms with van der Waals surface area (Å²) in [5.74, 6) is -0.224. The summed E-state index contributed by atoms with van der Waals surface area (Å²) >= 11 is 0. The van der Waals surface area contributed by atoms with Gasteiger partial charge in [-0.3, -0.25) is 13.9 Å². The lowest BCUT2D eigenvalue weighted by Gasteiger charge is -2.33. The first-order valence-electron chi connectivity index (χ1n) is 12.8. The fraction of sp³-hybridized carbons (Fsp3) is 0.333. The van der Waals surface area contributed by atoms with Crippen molar-refractivity contribution in [3.05, 3.63) is 89.5 Å². The van der Waals surface area contributed by atoms with E-state index in [0.717, 1.165) is 21.0 Å². The van der Waals surface area contributed by atoms with Crippen molar-refractivity contribution in [1.82, 2.24) is 10.2 Å². The molecular formula is C30H37N3O5S. The molecule has 3 aromatic rings. The summed E-state index contributed by atoms with van der Waals surface area (Å²) in [7, 11) is -2.55. The van der Waals surface area contributed by atoms with Crippen LogP contribution in [-0.2, 0) is 26.2 Å². The van der Waals surface area contributed by atoms with Gasteiger partial charge < -0.3 is 15.0 Å². The van der Waals surface area contributed by atoms with Crippen molar-refractivity contribution in [3.8, 4) is 5.75 Å². The van der Waals surface area contributed by atoms with Crippen LogP contribution in [0, 0.1) is 13.8 Å². The number of hydrogen-bond donors (Lipinski definition) is 1. The van der Waals surface area contributed by atoms with Gasteiger partial charge in [0.05, 0.1) is 17.7 Å². The third-order valence-corrected chi connectivity index (χ3v) is 8.31. The summed E-state index contributed by atoms with van der Waals surface area (Å²) in [6.45, 7) is 8.65. The first-order chi connectivity index (χ1) is 18.4. The number of rotatable bonds is 11. The SMILES string of the molecule is COc1cccc(CN(C(=O)CN(c2cccc(C)c2C)S(=O)(=O)c2ccccc2)[C@@H](C)C(=O)NC(C)C)c1. The van der Waals surface area contributed by atoms with Gasteiger partial charge in [-0.1, -0.05) is 42.5 Å². The summed E-state index contributed by atoms with van der Waals surface area (Å²) in [5, 5.41) is 2.85. The highest BCUT2D eigenvalue weighted by Crippen LogP contribution is 2.29. The van der Waals surface area contributed by atoms with E-state index in [1.807, 2.05) is 39.8 Å². The second-order valence-corrected chi connectivity index (χ2v) is 11.6. The second-order valence-electron chi connectivity index (χ2n) is 9.76. The number of nitrogens with zero attached hydrogens (tertiary/aromatic N) is 2. The summed E-state index contributed by atoms with van der Waals surface area (Å²) in [6, 6.07) is 19.6. The zero-order valence-electron chi connectivity index (χ0n) is 23.3. The molecule has 39 heavy (non-hydrogen) atoms.